The highest BCUT2D eigenvalue weighted by atomic mass is 16.7. The van der Waals surface area contributed by atoms with Crippen LogP contribution in [0.5, 0.6) is 5.75 Å². The average Bonchev–Trinajstić information content (AvgIpc) is 3.69. The molecule has 8 nitrogen and oxygen atoms in total. The van der Waals surface area contributed by atoms with Gasteiger partial charge in [-0.3, -0.25) is 0 Å². The van der Waals surface area contributed by atoms with Crippen LogP contribution < -0.4 is 4.74 Å². The number of carbonyl (C=O) groups is 1. The second kappa shape index (κ2) is 9.94. The Hall–Kier alpha value is -3.79. The Labute approximate surface area is 236 Å². The molecule has 210 valence electrons. The van der Waals surface area contributed by atoms with Crippen LogP contribution in [0, 0.1) is 0 Å². The predicted octanol–water partition coefficient (Wildman–Crippen LogP) is 4.72. The van der Waals surface area contributed by atoms with Crippen LogP contribution >= 0.6 is 0 Å². The van der Waals surface area contributed by atoms with Gasteiger partial charge in [0, 0.05) is 11.7 Å². The summed E-state index contributed by atoms with van der Waals surface area (Å²) in [4.78, 5) is 16.9. The monoisotopic (exact) mass is 553 g/mol. The Morgan fingerprint density at radius 2 is 1.63 bits per heavy atom. The van der Waals surface area contributed by atoms with E-state index in [1.807, 2.05) is 60.7 Å². The maximum Gasteiger partial charge on any atom is 0.343 e. The van der Waals surface area contributed by atoms with Crippen LogP contribution in [0.3, 0.4) is 0 Å². The van der Waals surface area contributed by atoms with E-state index in [1.165, 1.54) is 0 Å². The Kier molecular flexibility index (Phi) is 6.33. The second-order valence-corrected chi connectivity index (χ2v) is 11.2. The number of aromatic nitrogens is 1. The molecule has 2 aliphatic rings. The minimum absolute atomic E-state index is 0.0645. The number of esters is 1. The highest BCUT2D eigenvalue weighted by Crippen LogP contribution is 2.47. The number of carbonyl (C=O) groups excluding carboxylic acids is 1. The third kappa shape index (κ3) is 4.31. The smallest absolute Gasteiger partial charge is 0.343 e. The van der Waals surface area contributed by atoms with Gasteiger partial charge < -0.3 is 34.5 Å². The first-order chi connectivity index (χ1) is 19.9. The van der Waals surface area contributed by atoms with Gasteiger partial charge in [-0.1, -0.05) is 73.5 Å². The standard InChI is InChI=1S/C33H31NO7/c35-30-28(39-19-20-8-2-1-3-9-20)29(41-33(30,38)32(37)14-6-7-15-32)31(36)40-26-18-34-25-13-12-23-16-21-10-4-5-11-22(21)17-24(23)27(25)26/h1-5,8-13,16-18,28-30,34-35,37-38H,6-7,14-15,19H2/t28-,29+,30+,33+/m0/s1. The van der Waals surface area contributed by atoms with Crippen molar-refractivity contribution in [1.82, 2.24) is 4.98 Å². The predicted molar refractivity (Wildman–Crippen MR) is 153 cm³/mol. The SMILES string of the molecule is O=C(Oc1c[nH]c2ccc3cc4ccccc4cc3c12)[C@@H]1O[C@@](O)(C2(O)CCCC2)[C@H](O)[C@H]1OCc1ccccc1. The zero-order chi connectivity index (χ0) is 28.2. The van der Waals surface area contributed by atoms with Gasteiger partial charge >= 0.3 is 5.97 Å². The molecule has 2 heterocycles. The first-order valence-electron chi connectivity index (χ1n) is 14.0. The fourth-order valence-corrected chi connectivity index (χ4v) is 6.41. The van der Waals surface area contributed by atoms with E-state index in [1.54, 1.807) is 6.20 Å². The fourth-order valence-electron chi connectivity index (χ4n) is 6.41. The number of hydrogen-bond acceptors (Lipinski definition) is 7. The van der Waals surface area contributed by atoms with Gasteiger partial charge in [0.2, 0.25) is 5.79 Å². The average molecular weight is 554 g/mol. The molecule has 1 aliphatic carbocycles. The Morgan fingerprint density at radius 3 is 2.39 bits per heavy atom. The van der Waals surface area contributed by atoms with Crippen LogP contribution in [0.2, 0.25) is 0 Å². The summed E-state index contributed by atoms with van der Waals surface area (Å²) in [5.41, 5.74) is -0.109. The highest BCUT2D eigenvalue weighted by Gasteiger charge is 2.67. The van der Waals surface area contributed by atoms with Gasteiger partial charge in [-0.25, -0.2) is 4.79 Å². The van der Waals surface area contributed by atoms with E-state index in [4.69, 9.17) is 14.2 Å². The summed E-state index contributed by atoms with van der Waals surface area (Å²) in [5.74, 6) is -2.93. The third-order valence-corrected chi connectivity index (χ3v) is 8.63. The Balaban J connectivity index is 1.23. The molecule has 0 radical (unpaired) electrons. The summed E-state index contributed by atoms with van der Waals surface area (Å²) >= 11 is 0. The van der Waals surface area contributed by atoms with Crippen LogP contribution in [0.25, 0.3) is 32.4 Å². The van der Waals surface area contributed by atoms with Crippen molar-refractivity contribution in [3.8, 4) is 5.75 Å². The molecular weight excluding hydrogens is 522 g/mol. The number of H-pyrrole nitrogens is 1. The lowest BCUT2D eigenvalue weighted by molar-refractivity contribution is -0.313. The van der Waals surface area contributed by atoms with Gasteiger partial charge in [-0.05, 0) is 58.1 Å². The molecule has 0 unspecified atom stereocenters. The van der Waals surface area contributed by atoms with Gasteiger partial charge in [-0.2, -0.15) is 0 Å². The molecule has 4 N–H and O–H groups in total. The lowest BCUT2D eigenvalue weighted by atomic mass is 9.86. The zero-order valence-electron chi connectivity index (χ0n) is 22.3. The normalized spacial score (nSPS) is 25.8. The number of fused-ring (bicyclic) bond motifs is 4. The van der Waals surface area contributed by atoms with E-state index in [0.717, 1.165) is 38.0 Å². The largest absolute Gasteiger partial charge is 0.422 e. The second-order valence-electron chi connectivity index (χ2n) is 11.2. The minimum Gasteiger partial charge on any atom is -0.422 e. The molecular formula is C33H31NO7. The van der Waals surface area contributed by atoms with Crippen molar-refractivity contribution >= 4 is 38.4 Å². The Morgan fingerprint density at radius 1 is 0.927 bits per heavy atom. The summed E-state index contributed by atoms with van der Waals surface area (Å²) in [6.45, 7) is 0.0645. The molecule has 5 aromatic rings. The van der Waals surface area contributed by atoms with E-state index in [9.17, 15) is 20.1 Å². The van der Waals surface area contributed by atoms with Crippen LogP contribution in [-0.2, 0) is 20.9 Å². The molecule has 7 rings (SSSR count). The number of ether oxygens (including phenoxy) is 3. The van der Waals surface area contributed by atoms with E-state index in [-0.39, 0.29) is 19.4 Å². The number of rotatable bonds is 6. The van der Waals surface area contributed by atoms with E-state index < -0.39 is 35.7 Å². The fraction of sp³-hybridized carbons (Fsp3) is 0.303. The maximum absolute atomic E-state index is 13.7. The molecule has 4 atom stereocenters. The van der Waals surface area contributed by atoms with Gasteiger partial charge in [0.1, 0.15) is 17.8 Å². The van der Waals surface area contributed by atoms with Crippen LogP contribution in [0.1, 0.15) is 31.2 Å². The van der Waals surface area contributed by atoms with E-state index in [0.29, 0.717) is 18.6 Å². The van der Waals surface area contributed by atoms with Crippen molar-refractivity contribution in [2.45, 2.75) is 62.0 Å². The van der Waals surface area contributed by atoms with Crippen molar-refractivity contribution in [1.29, 1.82) is 0 Å². The first-order valence-corrected chi connectivity index (χ1v) is 14.0. The molecule has 1 aliphatic heterocycles. The van der Waals surface area contributed by atoms with Gasteiger partial charge in [-0.15, -0.1) is 0 Å². The molecule has 1 aromatic heterocycles. The highest BCUT2D eigenvalue weighted by molar-refractivity contribution is 6.14. The summed E-state index contributed by atoms with van der Waals surface area (Å²) in [6, 6.07) is 25.4. The van der Waals surface area contributed by atoms with Gasteiger partial charge in [0.25, 0.3) is 0 Å². The molecule has 2 fully saturated rings. The summed E-state index contributed by atoms with van der Waals surface area (Å²) < 4.78 is 17.8. The van der Waals surface area contributed by atoms with Crippen molar-refractivity contribution in [3.63, 3.8) is 0 Å². The van der Waals surface area contributed by atoms with Crippen LogP contribution in [0.15, 0.2) is 85.1 Å². The third-order valence-electron chi connectivity index (χ3n) is 8.63. The number of benzene rings is 4. The summed E-state index contributed by atoms with van der Waals surface area (Å²) in [5, 5.41) is 38.9. The Bertz CT molecular complexity index is 1740. The number of aromatic amines is 1. The number of aliphatic hydroxyl groups excluding tert-OH is 1. The maximum atomic E-state index is 13.7. The molecule has 0 amide bonds. The topological polar surface area (TPSA) is 121 Å². The molecule has 1 saturated heterocycles. The number of aliphatic hydroxyl groups is 3. The van der Waals surface area contributed by atoms with Gasteiger partial charge in [0.15, 0.2) is 11.9 Å². The number of nitrogens with one attached hydrogen (secondary N) is 1. The zero-order valence-corrected chi connectivity index (χ0v) is 22.3. The van der Waals surface area contributed by atoms with Crippen LogP contribution in [-0.4, -0.2) is 56.0 Å². The van der Waals surface area contributed by atoms with E-state index in [2.05, 4.69) is 23.2 Å². The molecule has 4 aromatic carbocycles. The molecule has 1 saturated carbocycles. The minimum atomic E-state index is -2.39. The quantitative estimate of drug-likeness (QED) is 0.177. The lowest BCUT2D eigenvalue weighted by Gasteiger charge is -2.39. The molecule has 0 bridgehead atoms. The van der Waals surface area contributed by atoms with Crippen molar-refractivity contribution in [2.24, 2.45) is 0 Å². The molecule has 41 heavy (non-hydrogen) atoms. The van der Waals surface area contributed by atoms with Gasteiger partial charge in [0.05, 0.1) is 12.0 Å². The first kappa shape index (κ1) is 26.1. The number of hydrogen-bond donors (Lipinski definition) is 4. The van der Waals surface area contributed by atoms with Crippen molar-refractivity contribution in [3.05, 3.63) is 90.6 Å². The molecule has 8 heteroatoms. The van der Waals surface area contributed by atoms with E-state index >= 15 is 0 Å². The lowest BCUT2D eigenvalue weighted by Crippen LogP contribution is -2.60. The summed E-state index contributed by atoms with van der Waals surface area (Å²) in [6.07, 6.45) is -1.03. The van der Waals surface area contributed by atoms with Crippen LogP contribution in [0.4, 0.5) is 0 Å². The summed E-state index contributed by atoms with van der Waals surface area (Å²) in [7, 11) is 0. The van der Waals surface area contributed by atoms with Crippen molar-refractivity contribution < 1.29 is 34.3 Å². The van der Waals surface area contributed by atoms with Crippen molar-refractivity contribution in [2.75, 3.05) is 0 Å². The molecule has 0 spiro atoms.